The molecular weight excluding hydrogens is 288 g/mol. The van der Waals surface area contributed by atoms with Crippen LogP contribution in [-0.4, -0.2) is 0 Å². The van der Waals surface area contributed by atoms with Crippen molar-refractivity contribution in [2.75, 3.05) is 0 Å². The van der Waals surface area contributed by atoms with E-state index in [9.17, 15) is 0 Å². The molecule has 0 heteroatoms. The average molecular weight is 329 g/mol. The normalized spacial score (nSPS) is 44.0. The van der Waals surface area contributed by atoms with Gasteiger partial charge in [-0.3, -0.25) is 0 Å². The summed E-state index contributed by atoms with van der Waals surface area (Å²) < 4.78 is 0. The summed E-state index contributed by atoms with van der Waals surface area (Å²) >= 11 is 0. The number of rotatable bonds is 4. The summed E-state index contributed by atoms with van der Waals surface area (Å²) in [5.74, 6) is 4.45. The summed E-state index contributed by atoms with van der Waals surface area (Å²) in [6, 6.07) is 0. The molecule has 0 saturated heterocycles. The molecule has 3 saturated carbocycles. The van der Waals surface area contributed by atoms with Gasteiger partial charge in [0.25, 0.3) is 0 Å². The van der Waals surface area contributed by atoms with E-state index in [1.165, 1.54) is 77.0 Å². The Hall–Kier alpha value is -0.520. The molecule has 0 bridgehead atoms. The van der Waals surface area contributed by atoms with E-state index >= 15 is 0 Å². The summed E-state index contributed by atoms with van der Waals surface area (Å²) in [6.07, 6.45) is 19.3. The van der Waals surface area contributed by atoms with Gasteiger partial charge in [0.05, 0.1) is 0 Å². The highest BCUT2D eigenvalue weighted by molar-refractivity contribution is 5.10. The molecule has 3 aliphatic rings. The summed E-state index contributed by atoms with van der Waals surface area (Å²) in [5.41, 5.74) is 2.10. The lowest BCUT2D eigenvalue weighted by Gasteiger charge is -2.46. The van der Waals surface area contributed by atoms with Crippen LogP contribution in [0.1, 0.15) is 90.9 Å². The third-order valence-electron chi connectivity index (χ3n) is 8.22. The lowest BCUT2D eigenvalue weighted by atomic mass is 9.58. The highest BCUT2D eigenvalue weighted by Gasteiger charge is 2.41. The molecule has 0 aromatic heterocycles. The van der Waals surface area contributed by atoms with Crippen molar-refractivity contribution in [1.82, 2.24) is 0 Å². The molecule has 0 radical (unpaired) electrons. The molecule has 0 amide bonds. The molecule has 0 unspecified atom stereocenters. The SMILES string of the molecule is C=CC1(C2CCC(C(=C)C3CCC(C)CC3)CC2)CCC(C)CC1. The van der Waals surface area contributed by atoms with Crippen LogP contribution < -0.4 is 0 Å². The van der Waals surface area contributed by atoms with E-state index in [0.717, 1.165) is 29.6 Å². The van der Waals surface area contributed by atoms with Crippen LogP contribution in [0.3, 0.4) is 0 Å². The molecule has 0 nitrogen and oxygen atoms in total. The second-order valence-corrected chi connectivity index (χ2v) is 9.70. The van der Waals surface area contributed by atoms with Crippen molar-refractivity contribution in [2.24, 2.45) is 35.0 Å². The zero-order valence-corrected chi connectivity index (χ0v) is 16.4. The van der Waals surface area contributed by atoms with Gasteiger partial charge < -0.3 is 0 Å². The van der Waals surface area contributed by atoms with Crippen molar-refractivity contribution in [3.05, 3.63) is 24.8 Å². The monoisotopic (exact) mass is 328 g/mol. The third kappa shape index (κ3) is 3.83. The highest BCUT2D eigenvalue weighted by Crippen LogP contribution is 2.52. The summed E-state index contributed by atoms with van der Waals surface area (Å²) in [6.45, 7) is 13.7. The van der Waals surface area contributed by atoms with Crippen molar-refractivity contribution < 1.29 is 0 Å². The fourth-order valence-corrected chi connectivity index (χ4v) is 6.08. The summed E-state index contributed by atoms with van der Waals surface area (Å²) in [5, 5.41) is 0. The molecule has 0 aromatic rings. The van der Waals surface area contributed by atoms with Gasteiger partial charge in [0, 0.05) is 0 Å². The van der Waals surface area contributed by atoms with Gasteiger partial charge in [-0.25, -0.2) is 0 Å². The minimum atomic E-state index is 0.471. The van der Waals surface area contributed by atoms with E-state index in [0.29, 0.717) is 5.41 Å². The number of hydrogen-bond donors (Lipinski definition) is 0. The number of hydrogen-bond acceptors (Lipinski definition) is 0. The average Bonchev–Trinajstić information content (AvgIpc) is 2.63. The fraction of sp³-hybridized carbons (Fsp3) is 0.833. The molecule has 0 spiro atoms. The first-order chi connectivity index (χ1) is 11.5. The van der Waals surface area contributed by atoms with Crippen molar-refractivity contribution in [3.63, 3.8) is 0 Å². The van der Waals surface area contributed by atoms with Gasteiger partial charge in [0.1, 0.15) is 0 Å². The zero-order valence-electron chi connectivity index (χ0n) is 16.4. The van der Waals surface area contributed by atoms with Gasteiger partial charge in [-0.2, -0.15) is 0 Å². The molecule has 0 N–H and O–H groups in total. The minimum Gasteiger partial charge on any atom is -0.103 e. The first kappa shape index (κ1) is 18.3. The molecule has 0 aromatic carbocycles. The van der Waals surface area contributed by atoms with Crippen LogP contribution in [0.5, 0.6) is 0 Å². The van der Waals surface area contributed by atoms with Crippen LogP contribution in [0.15, 0.2) is 24.8 Å². The molecule has 0 aliphatic heterocycles. The Morgan fingerprint density at radius 2 is 1.21 bits per heavy atom. The van der Waals surface area contributed by atoms with Gasteiger partial charge >= 0.3 is 0 Å². The van der Waals surface area contributed by atoms with Crippen molar-refractivity contribution >= 4 is 0 Å². The first-order valence-electron chi connectivity index (χ1n) is 10.9. The standard InChI is InChI=1S/C24H40/c1-5-24(16-14-19(3)15-17-24)23-12-10-22(11-13-23)20(4)21-8-6-18(2)7-9-21/h5,18-19,21-23H,1,4,6-17H2,2-3H3. The van der Waals surface area contributed by atoms with Crippen LogP contribution in [0.2, 0.25) is 0 Å². The van der Waals surface area contributed by atoms with Gasteiger partial charge in [0.15, 0.2) is 0 Å². The maximum atomic E-state index is 4.59. The van der Waals surface area contributed by atoms with Gasteiger partial charge in [-0.05, 0) is 99.2 Å². The van der Waals surface area contributed by atoms with E-state index in [-0.39, 0.29) is 0 Å². The van der Waals surface area contributed by atoms with Gasteiger partial charge in [-0.1, -0.05) is 44.9 Å². The molecule has 3 rings (SSSR count). The second-order valence-electron chi connectivity index (χ2n) is 9.70. The van der Waals surface area contributed by atoms with Crippen LogP contribution in [0.4, 0.5) is 0 Å². The molecule has 3 fully saturated rings. The molecule has 24 heavy (non-hydrogen) atoms. The predicted molar refractivity (Wildman–Crippen MR) is 106 cm³/mol. The Labute approximate surface area is 151 Å². The van der Waals surface area contributed by atoms with Crippen molar-refractivity contribution in [1.29, 1.82) is 0 Å². The van der Waals surface area contributed by atoms with E-state index < -0.39 is 0 Å². The summed E-state index contributed by atoms with van der Waals surface area (Å²) in [7, 11) is 0. The maximum Gasteiger partial charge on any atom is -0.00924 e. The lowest BCUT2D eigenvalue weighted by Crippen LogP contribution is -2.35. The Bertz CT molecular complexity index is 421. The van der Waals surface area contributed by atoms with Crippen molar-refractivity contribution in [3.8, 4) is 0 Å². The van der Waals surface area contributed by atoms with E-state index in [1.807, 2.05) is 0 Å². The van der Waals surface area contributed by atoms with Crippen LogP contribution >= 0.6 is 0 Å². The quantitative estimate of drug-likeness (QED) is 0.467. The summed E-state index contributed by atoms with van der Waals surface area (Å²) in [4.78, 5) is 0. The molecule has 0 heterocycles. The third-order valence-corrected chi connectivity index (χ3v) is 8.22. The molecule has 0 atom stereocenters. The topological polar surface area (TPSA) is 0 Å². The highest BCUT2D eigenvalue weighted by atomic mass is 14.5. The molecule has 136 valence electrons. The van der Waals surface area contributed by atoms with E-state index in [4.69, 9.17) is 0 Å². The smallest absolute Gasteiger partial charge is 0.00924 e. The van der Waals surface area contributed by atoms with Gasteiger partial charge in [0.2, 0.25) is 0 Å². The minimum absolute atomic E-state index is 0.471. The first-order valence-corrected chi connectivity index (χ1v) is 10.9. The van der Waals surface area contributed by atoms with Crippen molar-refractivity contribution in [2.45, 2.75) is 90.9 Å². The van der Waals surface area contributed by atoms with E-state index in [1.54, 1.807) is 5.57 Å². The fourth-order valence-electron chi connectivity index (χ4n) is 6.08. The van der Waals surface area contributed by atoms with Crippen LogP contribution in [-0.2, 0) is 0 Å². The van der Waals surface area contributed by atoms with Crippen LogP contribution in [0, 0.1) is 35.0 Å². The van der Waals surface area contributed by atoms with Gasteiger partial charge in [-0.15, -0.1) is 6.58 Å². The maximum absolute atomic E-state index is 4.59. The zero-order chi connectivity index (χ0) is 17.2. The largest absolute Gasteiger partial charge is 0.103 e. The predicted octanol–water partition coefficient (Wildman–Crippen LogP) is 7.56. The Balaban J connectivity index is 1.53. The number of allylic oxidation sites excluding steroid dienone is 2. The van der Waals surface area contributed by atoms with Crippen LogP contribution in [0.25, 0.3) is 0 Å². The Kier molecular flexibility index (Phi) is 5.94. The van der Waals surface area contributed by atoms with E-state index in [2.05, 4.69) is 33.1 Å². The second kappa shape index (κ2) is 7.79. The molecule has 3 aliphatic carbocycles. The lowest BCUT2D eigenvalue weighted by molar-refractivity contribution is 0.0884. The Morgan fingerprint density at radius 3 is 1.71 bits per heavy atom. The Morgan fingerprint density at radius 1 is 0.750 bits per heavy atom. The molecular formula is C24H40.